The number of benzene rings is 2. The van der Waals surface area contributed by atoms with E-state index in [9.17, 15) is 5.11 Å². The van der Waals surface area contributed by atoms with E-state index in [-0.39, 0.29) is 12.2 Å². The van der Waals surface area contributed by atoms with Crippen molar-refractivity contribution in [2.45, 2.75) is 31.8 Å². The van der Waals surface area contributed by atoms with Crippen LogP contribution in [0.2, 0.25) is 0 Å². The van der Waals surface area contributed by atoms with E-state index in [1.165, 1.54) is 6.92 Å². The van der Waals surface area contributed by atoms with E-state index in [1.807, 2.05) is 60.7 Å². The third kappa shape index (κ3) is 5.44. The highest BCUT2D eigenvalue weighted by Crippen LogP contribution is 2.26. The molecule has 0 saturated heterocycles. The maximum absolute atomic E-state index is 9.77. The van der Waals surface area contributed by atoms with Crippen LogP contribution in [0.1, 0.15) is 31.1 Å². The van der Waals surface area contributed by atoms with E-state index in [0.29, 0.717) is 6.61 Å². The van der Waals surface area contributed by atoms with Gasteiger partial charge in [-0.2, -0.15) is 0 Å². The highest BCUT2D eigenvalue weighted by molar-refractivity contribution is 5.29. The van der Waals surface area contributed by atoms with Gasteiger partial charge in [0.1, 0.15) is 6.10 Å². The summed E-state index contributed by atoms with van der Waals surface area (Å²) >= 11 is 0. The fourth-order valence-electron chi connectivity index (χ4n) is 2.38. The molecular weight excluding hydrogens is 292 g/mol. The lowest BCUT2D eigenvalue weighted by atomic mass is 10.0. The molecule has 0 spiro atoms. The van der Waals surface area contributed by atoms with Gasteiger partial charge in [-0.15, -0.1) is 0 Å². The molecule has 0 saturated carbocycles. The summed E-state index contributed by atoms with van der Waals surface area (Å²) in [6.07, 6.45) is -0.561. The molecule has 0 aromatic heterocycles. The molecule has 2 rings (SSSR count). The molecule has 0 aliphatic heterocycles. The number of hydrogen-bond donors (Lipinski definition) is 2. The Balaban J connectivity index is 2.08. The van der Waals surface area contributed by atoms with E-state index >= 15 is 0 Å². The summed E-state index contributed by atoms with van der Waals surface area (Å²) in [4.78, 5) is 0. The van der Waals surface area contributed by atoms with Gasteiger partial charge in [0.2, 0.25) is 0 Å². The lowest BCUT2D eigenvalue weighted by Gasteiger charge is -2.27. The maximum atomic E-state index is 9.77. The lowest BCUT2D eigenvalue weighted by Crippen LogP contribution is -2.37. The van der Waals surface area contributed by atoms with Crippen LogP contribution < -0.4 is 0 Å². The van der Waals surface area contributed by atoms with Gasteiger partial charge in [-0.3, -0.25) is 0 Å². The Hall–Kier alpha value is -1.72. The zero-order valence-corrected chi connectivity index (χ0v) is 13.6. The first-order chi connectivity index (χ1) is 11.0. The van der Waals surface area contributed by atoms with Crippen LogP contribution in [0.15, 0.2) is 60.7 Å². The molecule has 0 bridgehead atoms. The number of hydrogen-bond acceptors (Lipinski definition) is 4. The molecule has 124 valence electrons. The lowest BCUT2D eigenvalue weighted by molar-refractivity contribution is -0.241. The fourth-order valence-corrected chi connectivity index (χ4v) is 2.38. The van der Waals surface area contributed by atoms with Gasteiger partial charge in [0.05, 0.1) is 19.3 Å². The Kier molecular flexibility index (Phi) is 6.30. The quantitative estimate of drug-likeness (QED) is 0.735. The summed E-state index contributed by atoms with van der Waals surface area (Å²) in [7, 11) is 0. The minimum atomic E-state index is -1.56. The van der Waals surface area contributed by atoms with Crippen LogP contribution in [0.25, 0.3) is 0 Å². The average Bonchev–Trinajstić information content (AvgIpc) is 2.56. The minimum Gasteiger partial charge on any atom is -0.391 e. The number of rotatable bonds is 8. The summed E-state index contributed by atoms with van der Waals surface area (Å²) in [6, 6.07) is 19.9. The van der Waals surface area contributed by atoms with Gasteiger partial charge in [0.15, 0.2) is 5.79 Å². The fraction of sp³-hybridized carbons (Fsp3) is 0.368. The zero-order chi connectivity index (χ0) is 16.7. The van der Waals surface area contributed by atoms with Gasteiger partial charge in [-0.1, -0.05) is 60.7 Å². The van der Waals surface area contributed by atoms with Crippen LogP contribution in [0.5, 0.6) is 0 Å². The number of aliphatic hydroxyl groups is 2. The van der Waals surface area contributed by atoms with Crippen molar-refractivity contribution in [3.63, 3.8) is 0 Å². The van der Waals surface area contributed by atoms with E-state index in [1.54, 1.807) is 6.92 Å². The Bertz CT molecular complexity index is 529. The van der Waals surface area contributed by atoms with Gasteiger partial charge in [0, 0.05) is 0 Å². The first-order valence-electron chi connectivity index (χ1n) is 7.74. The summed E-state index contributed by atoms with van der Waals surface area (Å²) in [5, 5.41) is 18.8. The molecule has 23 heavy (non-hydrogen) atoms. The second-order valence-corrected chi connectivity index (χ2v) is 5.80. The molecule has 2 aromatic rings. The maximum Gasteiger partial charge on any atom is 0.186 e. The first kappa shape index (κ1) is 17.6. The van der Waals surface area contributed by atoms with Gasteiger partial charge in [0.25, 0.3) is 0 Å². The molecule has 0 aliphatic rings. The van der Waals surface area contributed by atoms with Crippen LogP contribution in [-0.4, -0.2) is 35.3 Å². The van der Waals surface area contributed by atoms with Crippen molar-refractivity contribution in [3.8, 4) is 0 Å². The Morgan fingerprint density at radius 1 is 0.957 bits per heavy atom. The second-order valence-electron chi connectivity index (χ2n) is 5.80. The van der Waals surface area contributed by atoms with Crippen LogP contribution in [0, 0.1) is 0 Å². The Morgan fingerprint density at radius 2 is 1.43 bits per heavy atom. The van der Waals surface area contributed by atoms with Crippen LogP contribution >= 0.6 is 0 Å². The first-order valence-corrected chi connectivity index (χ1v) is 7.74. The number of aliphatic hydroxyl groups excluding tert-OH is 1. The van der Waals surface area contributed by atoms with Gasteiger partial charge in [-0.05, 0) is 25.0 Å². The largest absolute Gasteiger partial charge is 0.391 e. The third-order valence-electron chi connectivity index (χ3n) is 3.45. The van der Waals surface area contributed by atoms with E-state index < -0.39 is 12.4 Å². The van der Waals surface area contributed by atoms with Crippen LogP contribution in [0.4, 0.5) is 0 Å². The van der Waals surface area contributed by atoms with Crippen molar-refractivity contribution in [2.24, 2.45) is 0 Å². The standard InChI is InChI=1S/C19H24O4/c1-15(23-19(2,21)14-20)13-22-18(16-9-5-3-6-10-16)17-11-7-4-8-12-17/h3-12,15,18,20-21H,13-14H2,1-2H3/t15?,19-/m1/s1. The molecular formula is C19H24O4. The second kappa shape index (κ2) is 8.22. The van der Waals surface area contributed by atoms with Crippen molar-refractivity contribution in [3.05, 3.63) is 71.8 Å². The molecule has 0 amide bonds. The van der Waals surface area contributed by atoms with Crippen LogP contribution in [-0.2, 0) is 9.47 Å². The monoisotopic (exact) mass is 316 g/mol. The van der Waals surface area contributed by atoms with Crippen molar-refractivity contribution >= 4 is 0 Å². The van der Waals surface area contributed by atoms with Gasteiger partial charge >= 0.3 is 0 Å². The van der Waals surface area contributed by atoms with Crippen molar-refractivity contribution in [1.29, 1.82) is 0 Å². The van der Waals surface area contributed by atoms with E-state index in [2.05, 4.69) is 0 Å². The van der Waals surface area contributed by atoms with Gasteiger partial charge in [-0.25, -0.2) is 0 Å². The summed E-state index contributed by atoms with van der Waals surface area (Å²) < 4.78 is 11.4. The molecule has 2 N–H and O–H groups in total. The zero-order valence-electron chi connectivity index (χ0n) is 13.6. The number of ether oxygens (including phenoxy) is 2. The molecule has 0 heterocycles. The Labute approximate surface area is 137 Å². The van der Waals surface area contributed by atoms with Crippen molar-refractivity contribution < 1.29 is 19.7 Å². The molecule has 1 unspecified atom stereocenters. The average molecular weight is 316 g/mol. The molecule has 4 heteroatoms. The van der Waals surface area contributed by atoms with E-state index in [4.69, 9.17) is 14.6 Å². The molecule has 4 nitrogen and oxygen atoms in total. The van der Waals surface area contributed by atoms with Crippen molar-refractivity contribution in [2.75, 3.05) is 13.2 Å². The SMILES string of the molecule is CC(COC(c1ccccc1)c1ccccc1)O[C@@](C)(O)CO. The molecule has 0 radical (unpaired) electrons. The highest BCUT2D eigenvalue weighted by Gasteiger charge is 2.24. The highest BCUT2D eigenvalue weighted by atomic mass is 16.6. The third-order valence-corrected chi connectivity index (χ3v) is 3.45. The molecule has 0 fully saturated rings. The predicted octanol–water partition coefficient (Wildman–Crippen LogP) is 2.90. The summed E-state index contributed by atoms with van der Waals surface area (Å²) in [5.74, 6) is -1.56. The van der Waals surface area contributed by atoms with Crippen molar-refractivity contribution in [1.82, 2.24) is 0 Å². The predicted molar refractivity (Wildman–Crippen MR) is 88.9 cm³/mol. The topological polar surface area (TPSA) is 58.9 Å². The molecule has 2 atom stereocenters. The minimum absolute atomic E-state index is 0.206. The van der Waals surface area contributed by atoms with E-state index in [0.717, 1.165) is 11.1 Å². The summed E-state index contributed by atoms with van der Waals surface area (Å²) in [5.41, 5.74) is 2.11. The molecule has 0 aliphatic carbocycles. The smallest absolute Gasteiger partial charge is 0.186 e. The normalized spacial score (nSPS) is 15.3. The Morgan fingerprint density at radius 3 is 1.87 bits per heavy atom. The summed E-state index contributed by atoms with van der Waals surface area (Å²) in [6.45, 7) is 3.06. The van der Waals surface area contributed by atoms with Crippen LogP contribution in [0.3, 0.4) is 0 Å². The van der Waals surface area contributed by atoms with Gasteiger partial charge < -0.3 is 19.7 Å². The molecule has 2 aromatic carbocycles.